The topological polar surface area (TPSA) is 24.8 Å². The van der Waals surface area contributed by atoms with Crippen LogP contribution in [0.5, 0.6) is 0 Å². The average molecular weight is 330 g/mol. The third kappa shape index (κ3) is 3.59. The summed E-state index contributed by atoms with van der Waals surface area (Å²) < 4.78 is 5.39. The molecule has 1 aromatic rings. The first-order valence-corrected chi connectivity index (χ1v) is 9.34. The maximum absolute atomic E-state index is 5.39. The van der Waals surface area contributed by atoms with E-state index in [-0.39, 0.29) is 6.04 Å². The van der Waals surface area contributed by atoms with Gasteiger partial charge in [0.15, 0.2) is 0 Å². The summed E-state index contributed by atoms with van der Waals surface area (Å²) in [6.07, 6.45) is 10.1. The van der Waals surface area contributed by atoms with Gasteiger partial charge in [-0.1, -0.05) is 32.1 Å². The van der Waals surface area contributed by atoms with E-state index in [1.807, 2.05) is 11.3 Å². The van der Waals surface area contributed by atoms with Gasteiger partial charge in [-0.25, -0.2) is 0 Å². The normalized spacial score (nSPS) is 24.0. The molecule has 0 aliphatic carbocycles. The lowest BCUT2D eigenvalue weighted by Gasteiger charge is -2.40. The van der Waals surface area contributed by atoms with Gasteiger partial charge in [0.05, 0.1) is 18.7 Å². The van der Waals surface area contributed by atoms with Crippen LogP contribution in [0.1, 0.15) is 44.0 Å². The highest BCUT2D eigenvalue weighted by molar-refractivity contribution is 7.10. The molecule has 2 atom stereocenters. The number of nitrogens with zero attached hydrogens (tertiary/aromatic N) is 2. The van der Waals surface area contributed by atoms with Crippen molar-refractivity contribution in [1.82, 2.24) is 4.90 Å². The van der Waals surface area contributed by atoms with E-state index < -0.39 is 0 Å². The van der Waals surface area contributed by atoms with Gasteiger partial charge in [-0.3, -0.25) is 4.99 Å². The van der Waals surface area contributed by atoms with Gasteiger partial charge in [-0.15, -0.1) is 11.3 Å². The van der Waals surface area contributed by atoms with Gasteiger partial charge in [-0.2, -0.15) is 0 Å². The van der Waals surface area contributed by atoms with Crippen molar-refractivity contribution in [3.05, 3.63) is 46.3 Å². The summed E-state index contributed by atoms with van der Waals surface area (Å²) in [5.41, 5.74) is 1.40. The first-order chi connectivity index (χ1) is 11.2. The van der Waals surface area contributed by atoms with Crippen molar-refractivity contribution in [3.8, 4) is 0 Å². The maximum atomic E-state index is 5.39. The number of thiophene rings is 1. The third-order valence-corrected chi connectivity index (χ3v) is 5.48. The van der Waals surface area contributed by atoms with Crippen LogP contribution < -0.4 is 0 Å². The first-order valence-electron chi connectivity index (χ1n) is 8.46. The zero-order valence-electron chi connectivity index (χ0n) is 14.2. The lowest BCUT2D eigenvalue weighted by Crippen LogP contribution is -2.39. The standard InChI is InChI=1S/C19H26N2OS/c1-14(2)16(13-22-3)20-19-11-5-8-15-7-4-9-17(21(15)19)18-10-6-12-23-18/h4,6-7,9-10,12,14,16-17H,5,8,11,13H2,1-3H3/t16-,17+/m1/s1. The monoisotopic (exact) mass is 330 g/mol. The van der Waals surface area contributed by atoms with E-state index in [0.29, 0.717) is 18.6 Å². The first kappa shape index (κ1) is 16.5. The fourth-order valence-corrected chi connectivity index (χ4v) is 4.04. The number of rotatable bonds is 5. The number of piperidine rings is 1. The Morgan fingerprint density at radius 3 is 2.96 bits per heavy atom. The minimum absolute atomic E-state index is 0.226. The minimum Gasteiger partial charge on any atom is -0.382 e. The number of ether oxygens (including phenoxy) is 1. The largest absolute Gasteiger partial charge is 0.382 e. The molecular weight excluding hydrogens is 304 g/mol. The lowest BCUT2D eigenvalue weighted by molar-refractivity contribution is 0.164. The summed E-state index contributed by atoms with van der Waals surface area (Å²) in [7, 11) is 1.76. The second-order valence-electron chi connectivity index (χ2n) is 6.54. The van der Waals surface area contributed by atoms with Crippen LogP contribution in [0.15, 0.2) is 46.4 Å². The van der Waals surface area contributed by atoms with Crippen molar-refractivity contribution in [3.63, 3.8) is 0 Å². The molecule has 0 N–H and O–H groups in total. The highest BCUT2D eigenvalue weighted by Gasteiger charge is 2.31. The number of methoxy groups -OCH3 is 1. The van der Waals surface area contributed by atoms with E-state index >= 15 is 0 Å². The van der Waals surface area contributed by atoms with E-state index in [9.17, 15) is 0 Å². The van der Waals surface area contributed by atoms with Gasteiger partial charge in [0.25, 0.3) is 0 Å². The van der Waals surface area contributed by atoms with Crippen LogP contribution in [0, 0.1) is 5.92 Å². The van der Waals surface area contributed by atoms with Gasteiger partial charge in [0.2, 0.25) is 0 Å². The van der Waals surface area contributed by atoms with E-state index in [1.165, 1.54) is 22.8 Å². The fraction of sp³-hybridized carbons (Fsp3) is 0.526. The molecule has 2 aliphatic rings. The van der Waals surface area contributed by atoms with Gasteiger partial charge < -0.3 is 9.64 Å². The summed E-state index contributed by atoms with van der Waals surface area (Å²) in [5.74, 6) is 1.71. The Hall–Kier alpha value is -1.39. The molecule has 124 valence electrons. The number of hydrogen-bond donors (Lipinski definition) is 0. The summed E-state index contributed by atoms with van der Waals surface area (Å²) in [5, 5.41) is 2.16. The quantitative estimate of drug-likeness (QED) is 0.775. The molecule has 4 heteroatoms. The van der Waals surface area contributed by atoms with Crippen molar-refractivity contribution in [2.24, 2.45) is 10.9 Å². The van der Waals surface area contributed by atoms with Crippen LogP contribution >= 0.6 is 11.3 Å². The van der Waals surface area contributed by atoms with E-state index in [2.05, 4.69) is 54.5 Å². The maximum Gasteiger partial charge on any atom is 0.104 e. The van der Waals surface area contributed by atoms with Crippen molar-refractivity contribution in [2.45, 2.75) is 45.2 Å². The minimum atomic E-state index is 0.226. The summed E-state index contributed by atoms with van der Waals surface area (Å²) >= 11 is 1.82. The second-order valence-corrected chi connectivity index (χ2v) is 7.52. The van der Waals surface area contributed by atoms with Gasteiger partial charge >= 0.3 is 0 Å². The van der Waals surface area contributed by atoms with E-state index in [0.717, 1.165) is 12.8 Å². The van der Waals surface area contributed by atoms with Crippen molar-refractivity contribution in [2.75, 3.05) is 13.7 Å². The summed E-state index contributed by atoms with van der Waals surface area (Å²) in [6.45, 7) is 5.13. The molecule has 0 unspecified atom stereocenters. The highest BCUT2D eigenvalue weighted by Crippen LogP contribution is 2.37. The molecule has 0 spiro atoms. The number of fused-ring (bicyclic) bond motifs is 1. The molecule has 1 aromatic heterocycles. The Kier molecular flexibility index (Phi) is 5.34. The van der Waals surface area contributed by atoms with Crippen LogP contribution in [0.2, 0.25) is 0 Å². The Morgan fingerprint density at radius 2 is 2.26 bits per heavy atom. The predicted molar refractivity (Wildman–Crippen MR) is 97.9 cm³/mol. The van der Waals surface area contributed by atoms with Crippen molar-refractivity contribution in [1.29, 1.82) is 0 Å². The van der Waals surface area contributed by atoms with Gasteiger partial charge in [0, 0.05) is 24.1 Å². The molecule has 1 fully saturated rings. The van der Waals surface area contributed by atoms with Crippen molar-refractivity contribution < 1.29 is 4.74 Å². The molecule has 0 amide bonds. The average Bonchev–Trinajstić information content (AvgIpc) is 3.08. The number of hydrogen-bond acceptors (Lipinski definition) is 3. The molecule has 0 aromatic carbocycles. The van der Waals surface area contributed by atoms with E-state index in [4.69, 9.17) is 9.73 Å². The van der Waals surface area contributed by atoms with Gasteiger partial charge in [0.1, 0.15) is 5.84 Å². The second kappa shape index (κ2) is 7.45. The third-order valence-electron chi connectivity index (χ3n) is 4.54. The molecule has 23 heavy (non-hydrogen) atoms. The van der Waals surface area contributed by atoms with Crippen LogP contribution in [0.25, 0.3) is 0 Å². The Bertz CT molecular complexity index is 601. The number of aliphatic imine (C=N–C) groups is 1. The smallest absolute Gasteiger partial charge is 0.104 e. The Balaban J connectivity index is 1.93. The number of amidine groups is 1. The number of allylic oxidation sites excluding steroid dienone is 3. The molecule has 3 nitrogen and oxygen atoms in total. The Labute approximate surface area is 143 Å². The molecule has 0 radical (unpaired) electrons. The molecular formula is C19H26N2OS. The Morgan fingerprint density at radius 1 is 1.39 bits per heavy atom. The fourth-order valence-electron chi connectivity index (χ4n) is 3.24. The molecule has 2 aliphatic heterocycles. The zero-order chi connectivity index (χ0) is 16.2. The van der Waals surface area contributed by atoms with Crippen molar-refractivity contribution >= 4 is 17.2 Å². The summed E-state index contributed by atoms with van der Waals surface area (Å²) in [6, 6.07) is 4.88. The zero-order valence-corrected chi connectivity index (χ0v) is 15.1. The summed E-state index contributed by atoms with van der Waals surface area (Å²) in [4.78, 5) is 8.96. The lowest BCUT2D eigenvalue weighted by atomic mass is 9.98. The molecule has 0 bridgehead atoms. The van der Waals surface area contributed by atoms with Crippen LogP contribution in [0.3, 0.4) is 0 Å². The van der Waals surface area contributed by atoms with Crippen LogP contribution in [-0.2, 0) is 4.74 Å². The van der Waals surface area contributed by atoms with Crippen LogP contribution in [0.4, 0.5) is 0 Å². The molecule has 0 saturated carbocycles. The highest BCUT2D eigenvalue weighted by atomic mass is 32.1. The molecule has 1 saturated heterocycles. The van der Waals surface area contributed by atoms with Crippen LogP contribution in [-0.4, -0.2) is 30.5 Å². The van der Waals surface area contributed by atoms with Gasteiger partial charge in [-0.05, 0) is 36.3 Å². The van der Waals surface area contributed by atoms with E-state index in [1.54, 1.807) is 7.11 Å². The molecule has 3 rings (SSSR count). The SMILES string of the molecule is COC[C@@H](N=C1CCCC2=CC=C[C@@H](c3cccs3)N21)C(C)C. The molecule has 3 heterocycles. The predicted octanol–water partition coefficient (Wildman–Crippen LogP) is 4.80.